The molecule has 0 spiro atoms. The topological polar surface area (TPSA) is 44.0 Å². The molecule has 5 heteroatoms. The van der Waals surface area contributed by atoms with Gasteiger partial charge in [0.15, 0.2) is 11.1 Å². The maximum absolute atomic E-state index is 14.1. The zero-order valence-corrected chi connectivity index (χ0v) is 27.0. The van der Waals surface area contributed by atoms with Crippen LogP contribution in [0.2, 0.25) is 0 Å². The van der Waals surface area contributed by atoms with Gasteiger partial charge in [0.1, 0.15) is 0 Å². The summed E-state index contributed by atoms with van der Waals surface area (Å²) in [4.78, 5) is 28.1. The number of hydrogen-bond donors (Lipinski definition) is 0. The van der Waals surface area contributed by atoms with Crippen LogP contribution in [0.1, 0.15) is 0 Å². The minimum Gasteiger partial charge on any atom is -0.349 e. The zero-order valence-electron chi connectivity index (χ0n) is 24.7. The van der Waals surface area contributed by atoms with Gasteiger partial charge in [0, 0.05) is 25.1 Å². The van der Waals surface area contributed by atoms with E-state index in [1.54, 1.807) is 35.4 Å². The van der Waals surface area contributed by atoms with E-state index in [2.05, 4.69) is 48.5 Å². The van der Waals surface area contributed by atoms with Gasteiger partial charge in [-0.15, -0.1) is 59.3 Å². The van der Waals surface area contributed by atoms with E-state index < -0.39 is 0 Å². The Labute approximate surface area is 275 Å². The minimum atomic E-state index is -0.182. The van der Waals surface area contributed by atoms with Crippen LogP contribution in [-0.2, 0) is 35.2 Å². The molecule has 0 atom stereocenters. The first-order chi connectivity index (χ1) is 21.5. The Morgan fingerprint density at radius 1 is 0.422 bits per heavy atom. The van der Waals surface area contributed by atoms with Crippen LogP contribution in [0.5, 0.6) is 0 Å². The largest absolute Gasteiger partial charge is 4.00 e. The van der Waals surface area contributed by atoms with Crippen molar-refractivity contribution in [3.8, 4) is 22.3 Å². The molecular formula is C40H28N2O2Pt+2. The standard InChI is InChI=1S/C40H28N2O2.Pt/c1-41-37-21-19-29(27-11-5-3-6-12-27)25-35(37)31-15-10-18-34(24-31)40(44)42(2)38-22-20-30(28-13-7-4-8-14-28)26-36(38)32-16-9-17-33(23-32)39(41)43;/h3-22,25-26H,1-2H3;/q-2;+4. The Hall–Kier alpha value is -5.05. The SMILES string of the molecule is Cn1c(=O)c2[c-]c(ccc2)c2cc(-c3ccccc3)ccc2n(C)c(=O)c2[c-]c(ccc2)c2cc(-c3ccccc3)ccc21.[Pt+4]. The number of nitrogens with zero attached hydrogens (tertiary/aromatic N) is 2. The summed E-state index contributed by atoms with van der Waals surface area (Å²) in [5, 5.41) is 3.93. The Bertz CT molecular complexity index is 2270. The third-order valence-corrected chi connectivity index (χ3v) is 8.17. The van der Waals surface area contributed by atoms with Gasteiger partial charge in [-0.1, -0.05) is 106 Å². The predicted molar refractivity (Wildman–Crippen MR) is 182 cm³/mol. The zero-order chi connectivity index (χ0) is 30.2. The summed E-state index contributed by atoms with van der Waals surface area (Å²) >= 11 is 0. The van der Waals surface area contributed by atoms with E-state index in [0.717, 1.165) is 43.8 Å². The van der Waals surface area contributed by atoms with E-state index in [0.29, 0.717) is 21.8 Å². The Morgan fingerprint density at radius 3 is 1.20 bits per heavy atom. The van der Waals surface area contributed by atoms with Crippen molar-refractivity contribution in [3.05, 3.63) is 166 Å². The molecule has 7 rings (SSSR count). The second-order valence-corrected chi connectivity index (χ2v) is 10.9. The first-order valence-electron chi connectivity index (χ1n) is 14.5. The number of fused-ring (bicyclic) bond motifs is 8. The van der Waals surface area contributed by atoms with Gasteiger partial charge >= 0.3 is 21.1 Å². The molecule has 1 heterocycles. The molecule has 1 aromatic heterocycles. The fraction of sp³-hybridized carbons (Fsp3) is 0.0500. The quantitative estimate of drug-likeness (QED) is 0.167. The Morgan fingerprint density at radius 2 is 0.800 bits per heavy atom. The molecule has 0 aliphatic rings. The van der Waals surface area contributed by atoms with Crippen molar-refractivity contribution < 1.29 is 21.1 Å². The summed E-state index contributed by atoms with van der Waals surface area (Å²) in [6, 6.07) is 50.2. The molecule has 6 aromatic carbocycles. The fourth-order valence-electron chi connectivity index (χ4n) is 5.79. The van der Waals surface area contributed by atoms with E-state index in [4.69, 9.17) is 0 Å². The van der Waals surface area contributed by atoms with Crippen molar-refractivity contribution in [3.63, 3.8) is 0 Å². The van der Waals surface area contributed by atoms with Crippen molar-refractivity contribution in [2.45, 2.75) is 0 Å². The smallest absolute Gasteiger partial charge is 0.349 e. The van der Waals surface area contributed by atoms with Crippen molar-refractivity contribution >= 4 is 43.4 Å². The van der Waals surface area contributed by atoms with Crippen molar-refractivity contribution in [2.24, 2.45) is 14.1 Å². The van der Waals surface area contributed by atoms with Crippen LogP contribution in [-0.4, -0.2) is 9.13 Å². The second-order valence-electron chi connectivity index (χ2n) is 10.9. The molecule has 4 nitrogen and oxygen atoms in total. The van der Waals surface area contributed by atoms with E-state index in [-0.39, 0.29) is 32.2 Å². The second kappa shape index (κ2) is 12.5. The maximum Gasteiger partial charge on any atom is 4.00 e. The Balaban J connectivity index is 0.00000357. The van der Waals surface area contributed by atoms with E-state index in [1.807, 2.05) is 84.9 Å². The summed E-state index contributed by atoms with van der Waals surface area (Å²) in [6.07, 6.45) is 0. The first-order valence-corrected chi connectivity index (χ1v) is 14.5. The van der Waals surface area contributed by atoms with Crippen LogP contribution in [0.3, 0.4) is 0 Å². The molecule has 0 aliphatic carbocycles. The molecule has 0 saturated heterocycles. The molecule has 0 unspecified atom stereocenters. The number of benzene rings is 6. The summed E-state index contributed by atoms with van der Waals surface area (Å²) < 4.78 is 3.31. The molecule has 45 heavy (non-hydrogen) atoms. The average Bonchev–Trinajstić information content (AvgIpc) is 3.10. The molecule has 0 aliphatic heterocycles. The van der Waals surface area contributed by atoms with E-state index in [1.165, 1.54) is 0 Å². The molecule has 0 radical (unpaired) electrons. The third kappa shape index (κ3) is 5.66. The first kappa shape index (κ1) is 30.0. The van der Waals surface area contributed by atoms with Crippen LogP contribution < -0.4 is 11.1 Å². The Kier molecular flexibility index (Phi) is 8.34. The summed E-state index contributed by atoms with van der Waals surface area (Å²) in [5.41, 5.74) is 5.19. The average molecular weight is 764 g/mol. The molecule has 0 fully saturated rings. The molecule has 218 valence electrons. The predicted octanol–water partition coefficient (Wildman–Crippen LogP) is 8.32. The van der Waals surface area contributed by atoms with Gasteiger partial charge in [0.25, 0.3) is 0 Å². The molecule has 4 bridgehead atoms. The number of rotatable bonds is 2. The molecule has 0 amide bonds. The van der Waals surface area contributed by atoms with Crippen molar-refractivity contribution in [1.29, 1.82) is 0 Å². The van der Waals surface area contributed by atoms with Crippen molar-refractivity contribution in [2.75, 3.05) is 0 Å². The molecular weight excluding hydrogens is 736 g/mol. The van der Waals surface area contributed by atoms with Crippen LogP contribution in [0, 0.1) is 12.1 Å². The fourth-order valence-corrected chi connectivity index (χ4v) is 5.79. The maximum atomic E-state index is 14.1. The monoisotopic (exact) mass is 763 g/mol. The van der Waals surface area contributed by atoms with E-state index >= 15 is 0 Å². The summed E-state index contributed by atoms with van der Waals surface area (Å²) in [6.45, 7) is 0. The molecule has 7 aromatic rings. The summed E-state index contributed by atoms with van der Waals surface area (Å²) in [5.74, 6) is 0. The van der Waals surface area contributed by atoms with Gasteiger partial charge in [0.2, 0.25) is 0 Å². The van der Waals surface area contributed by atoms with E-state index in [9.17, 15) is 9.59 Å². The van der Waals surface area contributed by atoms with Gasteiger partial charge in [-0.2, -0.15) is 0 Å². The van der Waals surface area contributed by atoms with Crippen LogP contribution in [0.25, 0.3) is 65.6 Å². The van der Waals surface area contributed by atoms with Crippen molar-refractivity contribution in [1.82, 2.24) is 9.13 Å². The molecule has 0 saturated carbocycles. The minimum absolute atomic E-state index is 0. The van der Waals surface area contributed by atoms with Gasteiger partial charge in [0.05, 0.1) is 0 Å². The number of hydrogen-bond acceptors (Lipinski definition) is 2. The van der Waals surface area contributed by atoms with Gasteiger partial charge in [-0.3, -0.25) is 0 Å². The molecule has 0 N–H and O–H groups in total. The number of aryl methyl sites for hydroxylation is 2. The normalized spacial score (nSPS) is 10.9. The van der Waals surface area contributed by atoms with Gasteiger partial charge in [-0.25, -0.2) is 0 Å². The number of aromatic nitrogens is 2. The summed E-state index contributed by atoms with van der Waals surface area (Å²) in [7, 11) is 3.56. The van der Waals surface area contributed by atoms with Crippen LogP contribution >= 0.6 is 0 Å². The van der Waals surface area contributed by atoms with Gasteiger partial charge in [-0.05, 0) is 34.4 Å². The van der Waals surface area contributed by atoms with Gasteiger partial charge < -0.3 is 18.7 Å². The van der Waals surface area contributed by atoms with Crippen LogP contribution in [0.4, 0.5) is 0 Å². The van der Waals surface area contributed by atoms with Crippen LogP contribution in [0.15, 0.2) is 143 Å². The third-order valence-electron chi connectivity index (χ3n) is 8.17.